The second-order valence-corrected chi connectivity index (χ2v) is 22.5. The molecule has 1 aromatic carbocycles. The van der Waals surface area contributed by atoms with Gasteiger partial charge in [0.05, 0.1) is 18.9 Å². The highest BCUT2D eigenvalue weighted by molar-refractivity contribution is 5.98. The first-order chi connectivity index (χ1) is 37.7. The number of hydrogen-bond donors (Lipinski definition) is 11. The molecule has 25 heteroatoms. The van der Waals surface area contributed by atoms with Gasteiger partial charge in [0.2, 0.25) is 59.1 Å². The Morgan fingerprint density at radius 2 is 1.15 bits per heavy atom. The van der Waals surface area contributed by atoms with Gasteiger partial charge in [0.1, 0.15) is 48.3 Å². The average Bonchev–Trinajstić information content (AvgIpc) is 4.21. The molecule has 442 valence electrons. The number of aromatic nitrogens is 2. The highest BCUT2D eigenvalue weighted by Crippen LogP contribution is 2.24. The van der Waals surface area contributed by atoms with Crippen LogP contribution in [0.2, 0.25) is 0 Å². The van der Waals surface area contributed by atoms with Crippen molar-refractivity contribution in [1.82, 2.24) is 57.0 Å². The Morgan fingerprint density at radius 1 is 0.637 bits per heavy atom. The summed E-state index contributed by atoms with van der Waals surface area (Å²) in [4.78, 5) is 158. The second-order valence-electron chi connectivity index (χ2n) is 22.5. The Labute approximate surface area is 467 Å². The molecule has 2 fully saturated rings. The quantitative estimate of drug-likeness (QED) is 0.0461. The molecule has 3 heterocycles. The molecular weight excluding hydrogens is 1030 g/mol. The van der Waals surface area contributed by atoms with Crippen LogP contribution in [0.15, 0.2) is 42.9 Å². The zero-order valence-corrected chi connectivity index (χ0v) is 47.4. The van der Waals surface area contributed by atoms with Crippen LogP contribution in [-0.2, 0) is 65.6 Å². The van der Waals surface area contributed by atoms with Crippen LogP contribution in [0, 0.1) is 23.7 Å². The van der Waals surface area contributed by atoms with E-state index in [1.54, 1.807) is 27.7 Å². The fourth-order valence-electron chi connectivity index (χ4n) is 9.83. The first kappa shape index (κ1) is 65.1. The van der Waals surface area contributed by atoms with Crippen molar-refractivity contribution in [1.29, 1.82) is 0 Å². The third kappa shape index (κ3) is 20.3. The summed E-state index contributed by atoms with van der Waals surface area (Å²) < 4.78 is 0. The van der Waals surface area contributed by atoms with Gasteiger partial charge in [0, 0.05) is 37.8 Å². The molecule has 25 nitrogen and oxygen atoms in total. The lowest BCUT2D eigenvalue weighted by Crippen LogP contribution is -2.60. The van der Waals surface area contributed by atoms with Crippen molar-refractivity contribution >= 4 is 65.0 Å². The normalized spacial score (nSPS) is 17.9. The van der Waals surface area contributed by atoms with Gasteiger partial charge in [-0.2, -0.15) is 0 Å². The molecule has 0 unspecified atom stereocenters. The first-order valence-electron chi connectivity index (χ1n) is 27.7. The molecule has 0 bridgehead atoms. The minimum atomic E-state index is -1.39. The summed E-state index contributed by atoms with van der Waals surface area (Å²) in [5, 5.41) is 28.2. The monoisotopic (exact) mass is 1120 g/mol. The van der Waals surface area contributed by atoms with Gasteiger partial charge in [-0.05, 0) is 87.0 Å². The molecule has 10 amide bonds. The number of H-pyrrole nitrogens is 1. The molecule has 80 heavy (non-hydrogen) atoms. The minimum Gasteiger partial charge on any atom is -0.480 e. The molecule has 4 rings (SSSR count). The van der Waals surface area contributed by atoms with Crippen LogP contribution >= 0.6 is 0 Å². The van der Waals surface area contributed by atoms with Crippen molar-refractivity contribution in [3.8, 4) is 0 Å². The van der Waals surface area contributed by atoms with Crippen LogP contribution in [0.1, 0.15) is 124 Å². The zero-order valence-electron chi connectivity index (χ0n) is 47.4. The van der Waals surface area contributed by atoms with E-state index in [1.165, 1.54) is 22.3 Å². The van der Waals surface area contributed by atoms with Crippen molar-refractivity contribution in [2.75, 3.05) is 19.6 Å². The van der Waals surface area contributed by atoms with Crippen molar-refractivity contribution in [2.45, 2.75) is 180 Å². The van der Waals surface area contributed by atoms with Crippen molar-refractivity contribution in [3.63, 3.8) is 0 Å². The zero-order chi connectivity index (χ0) is 59.4. The largest absolute Gasteiger partial charge is 0.480 e. The highest BCUT2D eigenvalue weighted by atomic mass is 16.4. The highest BCUT2D eigenvalue weighted by Gasteiger charge is 2.43. The predicted octanol–water partition coefficient (Wildman–Crippen LogP) is -0.326. The maximum Gasteiger partial charge on any atom is 0.326 e. The maximum absolute atomic E-state index is 14.6. The lowest BCUT2D eigenvalue weighted by Gasteiger charge is -2.32. The molecule has 0 spiro atoms. The Kier molecular flexibility index (Phi) is 25.5. The molecule has 9 atom stereocenters. The van der Waals surface area contributed by atoms with Crippen LogP contribution in [0.5, 0.6) is 0 Å². The summed E-state index contributed by atoms with van der Waals surface area (Å²) in [6.45, 7) is 14.0. The Hall–Kier alpha value is -7.44. The first-order valence-corrected chi connectivity index (χ1v) is 27.7. The van der Waals surface area contributed by atoms with E-state index in [2.05, 4.69) is 47.2 Å². The fourth-order valence-corrected chi connectivity index (χ4v) is 9.83. The fraction of sp³-hybridized carbons (Fsp3) is 0.636. The van der Waals surface area contributed by atoms with Gasteiger partial charge in [-0.25, -0.2) is 9.78 Å². The Balaban J connectivity index is 1.45. The number of rotatable bonds is 31. The number of nitrogens with zero attached hydrogens (tertiary/aromatic N) is 3. The SMILES string of the molecule is CC(C)C[C@H](NC(=O)CNC(=O)[C@@H]1CCCN1C(=O)[C@H](Cc1cnc[nH]1)NC(=O)[C@@H]1CCCN1C(=O)[C@H](CC(C)C)NC(=O)[C@H](CC(C)C)NC(=O)[C@@H](N)Cc1ccccc1)C(=O)N[C@@H](CCC(N)=O)C(=O)N[C@H](C(=O)O)C(C)C. The summed E-state index contributed by atoms with van der Waals surface area (Å²) in [5.41, 5.74) is 12.9. The number of primary amides is 1. The Morgan fingerprint density at radius 3 is 1.68 bits per heavy atom. The van der Waals surface area contributed by atoms with Gasteiger partial charge in [0.15, 0.2) is 0 Å². The van der Waals surface area contributed by atoms with Gasteiger partial charge in [-0.3, -0.25) is 47.9 Å². The molecule has 1 aromatic heterocycles. The topological polar surface area (TPSA) is 379 Å². The van der Waals surface area contributed by atoms with Gasteiger partial charge in [-0.1, -0.05) is 85.7 Å². The van der Waals surface area contributed by atoms with Crippen LogP contribution in [0.25, 0.3) is 0 Å². The van der Waals surface area contributed by atoms with E-state index in [1.807, 2.05) is 58.0 Å². The standard InChI is InChI=1S/C55H85N13O12/c1-30(2)22-38(49(73)62-37(18-19-44(57)69)48(72)66-46(33(7)8)55(79)80)61-45(70)28-59-51(75)42-16-12-20-67(42)54(78)41(26-35-27-58-29-60-35)65-52(76)43-17-13-21-68(43)53(77)40(24-32(5)6)64-50(74)39(23-31(3)4)63-47(71)36(56)25-34-14-10-9-11-15-34/h9-11,14-15,27,29-33,36-43,46H,12-13,16-26,28,56H2,1-8H3,(H2,57,69)(H,58,60)(H,59,75)(H,61,70)(H,62,73)(H,63,71)(H,64,74)(H,65,76)(H,66,72)(H,79,80)/t36-,37-,38-,39-,40-,41-,42-,43-,46-/m0/s1. The number of nitrogens with one attached hydrogen (secondary N) is 8. The third-order valence-corrected chi connectivity index (χ3v) is 13.9. The van der Waals surface area contributed by atoms with Gasteiger partial charge < -0.3 is 68.6 Å². The summed E-state index contributed by atoms with van der Waals surface area (Å²) in [6.07, 6.45) is 4.39. The molecule has 0 radical (unpaired) electrons. The van der Waals surface area contributed by atoms with E-state index in [0.29, 0.717) is 18.5 Å². The molecule has 2 aromatic rings. The van der Waals surface area contributed by atoms with Crippen molar-refractivity contribution in [3.05, 3.63) is 54.1 Å². The van der Waals surface area contributed by atoms with E-state index in [9.17, 15) is 57.8 Å². The molecular formula is C55H85N13O12. The number of aromatic amines is 1. The summed E-state index contributed by atoms with van der Waals surface area (Å²) in [7, 11) is 0. The van der Waals surface area contributed by atoms with Crippen LogP contribution in [0.4, 0.5) is 0 Å². The van der Waals surface area contributed by atoms with Crippen LogP contribution in [-0.4, -0.2) is 164 Å². The van der Waals surface area contributed by atoms with Crippen LogP contribution in [0.3, 0.4) is 0 Å². The number of imidazole rings is 1. The summed E-state index contributed by atoms with van der Waals surface area (Å²) >= 11 is 0. The van der Waals surface area contributed by atoms with Crippen LogP contribution < -0.4 is 48.7 Å². The predicted molar refractivity (Wildman–Crippen MR) is 294 cm³/mol. The number of amides is 10. The van der Waals surface area contributed by atoms with E-state index in [-0.39, 0.29) is 88.6 Å². The molecule has 0 saturated carbocycles. The number of aliphatic carboxylic acids is 1. The number of benzene rings is 1. The molecule has 13 N–H and O–H groups in total. The summed E-state index contributed by atoms with van der Waals surface area (Å²) in [6, 6.07) is -1.04. The number of nitrogens with two attached hydrogens (primary N) is 2. The number of likely N-dealkylation sites (tertiary alicyclic amines) is 2. The molecule has 2 aliphatic rings. The van der Waals surface area contributed by atoms with Crippen molar-refractivity contribution in [2.24, 2.45) is 35.1 Å². The van der Waals surface area contributed by atoms with E-state index < -0.39 is 132 Å². The maximum atomic E-state index is 14.6. The number of hydrogen-bond acceptors (Lipinski definition) is 13. The van der Waals surface area contributed by atoms with Gasteiger partial charge >= 0.3 is 5.97 Å². The smallest absolute Gasteiger partial charge is 0.326 e. The lowest BCUT2D eigenvalue weighted by atomic mass is 9.99. The third-order valence-electron chi connectivity index (χ3n) is 13.9. The summed E-state index contributed by atoms with van der Waals surface area (Å²) in [5.74, 6) is -8.82. The van der Waals surface area contributed by atoms with E-state index in [4.69, 9.17) is 11.5 Å². The molecule has 2 saturated heterocycles. The van der Waals surface area contributed by atoms with Gasteiger partial charge in [-0.15, -0.1) is 0 Å². The van der Waals surface area contributed by atoms with Crippen molar-refractivity contribution < 1.29 is 57.8 Å². The number of carbonyl (C=O) groups excluding carboxylic acids is 10. The molecule has 0 aliphatic carbocycles. The Bertz CT molecular complexity index is 2450. The average molecular weight is 1120 g/mol. The number of carboxylic acid groups (broad SMARTS) is 1. The number of carboxylic acids is 1. The second kappa shape index (κ2) is 31.4. The van der Waals surface area contributed by atoms with E-state index in [0.717, 1.165) is 5.56 Å². The number of carbonyl (C=O) groups is 11. The molecule has 2 aliphatic heterocycles. The lowest BCUT2D eigenvalue weighted by molar-refractivity contribution is -0.144. The van der Waals surface area contributed by atoms with Gasteiger partial charge in [0.25, 0.3) is 0 Å². The minimum absolute atomic E-state index is 0.0212. The van der Waals surface area contributed by atoms with E-state index >= 15 is 0 Å².